The second-order valence-corrected chi connectivity index (χ2v) is 6.23. The summed E-state index contributed by atoms with van der Waals surface area (Å²) in [7, 11) is 0. The van der Waals surface area contributed by atoms with Crippen LogP contribution in [0.15, 0.2) is 42.5 Å². The highest BCUT2D eigenvalue weighted by Gasteiger charge is 2.23. The Bertz CT molecular complexity index is 891. The van der Waals surface area contributed by atoms with Crippen LogP contribution in [-0.4, -0.2) is 29.4 Å². The molecule has 0 saturated carbocycles. The van der Waals surface area contributed by atoms with Crippen molar-refractivity contribution in [2.24, 2.45) is 0 Å². The van der Waals surface area contributed by atoms with Crippen LogP contribution in [0.25, 0.3) is 0 Å². The molecule has 0 radical (unpaired) electrons. The third kappa shape index (κ3) is 4.29. The van der Waals surface area contributed by atoms with E-state index >= 15 is 0 Å². The second-order valence-electron chi connectivity index (χ2n) is 6.23. The van der Waals surface area contributed by atoms with Crippen molar-refractivity contribution < 1.29 is 19.2 Å². The highest BCUT2D eigenvalue weighted by Crippen LogP contribution is 2.25. The zero-order valence-electron chi connectivity index (χ0n) is 14.7. The number of nitrogens with zero attached hydrogens (tertiary/aromatic N) is 1. The Morgan fingerprint density at radius 3 is 2.67 bits per heavy atom. The fourth-order valence-corrected chi connectivity index (χ4v) is 2.90. The van der Waals surface area contributed by atoms with Crippen LogP contribution in [0.2, 0.25) is 0 Å². The molecule has 0 aliphatic carbocycles. The minimum atomic E-state index is -0.494. The summed E-state index contributed by atoms with van der Waals surface area (Å²) < 4.78 is 5.34. The van der Waals surface area contributed by atoms with Crippen LogP contribution in [0, 0.1) is 17.0 Å². The molecule has 1 aliphatic rings. The molecule has 0 spiro atoms. The van der Waals surface area contributed by atoms with Crippen LogP contribution in [0.5, 0.6) is 0 Å². The quantitative estimate of drug-likeness (QED) is 0.621. The Hall–Kier alpha value is -3.26. The van der Waals surface area contributed by atoms with Gasteiger partial charge in [0.15, 0.2) is 0 Å². The monoisotopic (exact) mass is 369 g/mol. The number of nitro benzene ring substituents is 1. The van der Waals surface area contributed by atoms with Crippen molar-refractivity contribution in [2.45, 2.75) is 25.9 Å². The average Bonchev–Trinajstić information content (AvgIpc) is 3.18. The van der Waals surface area contributed by atoms with E-state index in [2.05, 4.69) is 10.6 Å². The number of rotatable bonds is 5. The zero-order valence-corrected chi connectivity index (χ0v) is 14.7. The van der Waals surface area contributed by atoms with Gasteiger partial charge >= 0.3 is 0 Å². The van der Waals surface area contributed by atoms with Crippen molar-refractivity contribution >= 4 is 28.9 Å². The summed E-state index contributed by atoms with van der Waals surface area (Å²) in [5.74, 6) is -0.661. The van der Waals surface area contributed by atoms with E-state index in [1.54, 1.807) is 37.3 Å². The summed E-state index contributed by atoms with van der Waals surface area (Å²) >= 11 is 0. The lowest BCUT2D eigenvalue weighted by Gasteiger charge is -2.12. The maximum Gasteiger partial charge on any atom is 0.274 e. The van der Waals surface area contributed by atoms with Gasteiger partial charge in [-0.1, -0.05) is 12.1 Å². The van der Waals surface area contributed by atoms with Gasteiger partial charge in [-0.2, -0.15) is 0 Å². The summed E-state index contributed by atoms with van der Waals surface area (Å²) in [5.41, 5.74) is 1.48. The van der Waals surface area contributed by atoms with E-state index in [9.17, 15) is 19.7 Å². The molecule has 0 bridgehead atoms. The summed E-state index contributed by atoms with van der Waals surface area (Å²) in [6.07, 6.45) is 1.07. The molecule has 8 heteroatoms. The van der Waals surface area contributed by atoms with Gasteiger partial charge in [-0.3, -0.25) is 19.7 Å². The fraction of sp³-hybridized carbons (Fsp3) is 0.263. The normalized spacial score (nSPS) is 16.0. The van der Waals surface area contributed by atoms with E-state index in [4.69, 9.17) is 4.74 Å². The SMILES string of the molecule is Cc1c(NC(=O)c2cccc(NC(=O)C3CCCO3)c2)cccc1[N+](=O)[O-]. The summed E-state index contributed by atoms with van der Waals surface area (Å²) in [6.45, 7) is 2.15. The summed E-state index contributed by atoms with van der Waals surface area (Å²) in [4.78, 5) is 35.2. The summed E-state index contributed by atoms with van der Waals surface area (Å²) in [6, 6.07) is 11.0. The van der Waals surface area contributed by atoms with Crippen molar-refractivity contribution in [1.29, 1.82) is 0 Å². The number of nitrogens with one attached hydrogen (secondary N) is 2. The van der Waals surface area contributed by atoms with Crippen molar-refractivity contribution in [1.82, 2.24) is 0 Å². The van der Waals surface area contributed by atoms with Crippen LogP contribution in [0.1, 0.15) is 28.8 Å². The smallest absolute Gasteiger partial charge is 0.274 e. The lowest BCUT2D eigenvalue weighted by atomic mass is 10.1. The number of carbonyl (C=O) groups is 2. The number of hydrogen-bond acceptors (Lipinski definition) is 5. The molecule has 2 N–H and O–H groups in total. The molecule has 3 rings (SSSR count). The van der Waals surface area contributed by atoms with Crippen molar-refractivity contribution in [3.63, 3.8) is 0 Å². The predicted molar refractivity (Wildman–Crippen MR) is 99.8 cm³/mol. The molecule has 0 aromatic heterocycles. The molecule has 27 heavy (non-hydrogen) atoms. The van der Waals surface area contributed by atoms with Crippen LogP contribution in [0.4, 0.5) is 17.1 Å². The molecule has 1 aliphatic heterocycles. The molecular weight excluding hydrogens is 350 g/mol. The second kappa shape index (κ2) is 7.96. The standard InChI is InChI=1S/C19H19N3O5/c1-12-15(7-3-8-16(12)22(25)26)21-18(23)13-5-2-6-14(11-13)20-19(24)17-9-4-10-27-17/h2-3,5-8,11,17H,4,9-10H2,1H3,(H,20,24)(H,21,23). The van der Waals surface area contributed by atoms with E-state index in [-0.39, 0.29) is 11.6 Å². The van der Waals surface area contributed by atoms with E-state index < -0.39 is 16.9 Å². The Balaban J connectivity index is 1.73. The average molecular weight is 369 g/mol. The lowest BCUT2D eigenvalue weighted by Crippen LogP contribution is -2.27. The van der Waals surface area contributed by atoms with Gasteiger partial charge in [0.2, 0.25) is 0 Å². The first-order valence-corrected chi connectivity index (χ1v) is 8.53. The number of anilines is 2. The maximum atomic E-state index is 12.5. The molecule has 8 nitrogen and oxygen atoms in total. The first-order chi connectivity index (χ1) is 13.0. The third-order valence-electron chi connectivity index (χ3n) is 4.36. The number of benzene rings is 2. The number of hydrogen-bond donors (Lipinski definition) is 2. The Morgan fingerprint density at radius 2 is 1.96 bits per heavy atom. The maximum absolute atomic E-state index is 12.5. The molecule has 1 atom stereocenters. The van der Waals surface area contributed by atoms with Gasteiger partial charge in [0, 0.05) is 23.9 Å². The molecular formula is C19H19N3O5. The largest absolute Gasteiger partial charge is 0.368 e. The number of ether oxygens (including phenoxy) is 1. The minimum Gasteiger partial charge on any atom is -0.368 e. The molecule has 2 amide bonds. The fourth-order valence-electron chi connectivity index (χ4n) is 2.90. The van der Waals surface area contributed by atoms with E-state index in [0.29, 0.717) is 35.5 Å². The van der Waals surface area contributed by atoms with Crippen LogP contribution in [-0.2, 0) is 9.53 Å². The lowest BCUT2D eigenvalue weighted by molar-refractivity contribution is -0.385. The van der Waals surface area contributed by atoms with E-state index in [0.717, 1.165) is 6.42 Å². The van der Waals surface area contributed by atoms with Gasteiger partial charge in [0.05, 0.1) is 16.2 Å². The van der Waals surface area contributed by atoms with Gasteiger partial charge < -0.3 is 15.4 Å². The molecule has 1 unspecified atom stereocenters. The first kappa shape index (κ1) is 18.5. The number of amides is 2. The van der Waals surface area contributed by atoms with Crippen LogP contribution < -0.4 is 10.6 Å². The minimum absolute atomic E-state index is 0.0645. The molecule has 1 fully saturated rings. The van der Waals surface area contributed by atoms with E-state index in [1.807, 2.05) is 0 Å². The molecule has 2 aromatic rings. The molecule has 140 valence electrons. The van der Waals surface area contributed by atoms with Crippen molar-refractivity contribution in [2.75, 3.05) is 17.2 Å². The highest BCUT2D eigenvalue weighted by molar-refractivity contribution is 6.06. The Kier molecular flexibility index (Phi) is 5.46. The Morgan fingerprint density at radius 1 is 1.19 bits per heavy atom. The van der Waals surface area contributed by atoms with Crippen molar-refractivity contribution in [3.8, 4) is 0 Å². The Labute approximate surface area is 155 Å². The number of carbonyl (C=O) groups excluding carboxylic acids is 2. The van der Waals surface area contributed by atoms with Gasteiger partial charge in [-0.05, 0) is 44.0 Å². The molecule has 1 heterocycles. The van der Waals surface area contributed by atoms with Gasteiger partial charge in [-0.15, -0.1) is 0 Å². The summed E-state index contributed by atoms with van der Waals surface area (Å²) in [5, 5.41) is 16.5. The zero-order chi connectivity index (χ0) is 19.4. The number of nitro groups is 1. The van der Waals surface area contributed by atoms with Gasteiger partial charge in [0.25, 0.3) is 17.5 Å². The van der Waals surface area contributed by atoms with Gasteiger partial charge in [-0.25, -0.2) is 0 Å². The topological polar surface area (TPSA) is 111 Å². The van der Waals surface area contributed by atoms with Crippen molar-refractivity contribution in [3.05, 3.63) is 63.7 Å². The highest BCUT2D eigenvalue weighted by atomic mass is 16.6. The third-order valence-corrected chi connectivity index (χ3v) is 4.36. The van der Waals surface area contributed by atoms with E-state index in [1.165, 1.54) is 12.1 Å². The molecule has 1 saturated heterocycles. The van der Waals surface area contributed by atoms with Crippen LogP contribution >= 0.6 is 0 Å². The van der Waals surface area contributed by atoms with Crippen LogP contribution in [0.3, 0.4) is 0 Å². The first-order valence-electron chi connectivity index (χ1n) is 8.53. The predicted octanol–water partition coefficient (Wildman–Crippen LogP) is 3.27. The molecule has 2 aromatic carbocycles. The van der Waals surface area contributed by atoms with Gasteiger partial charge in [0.1, 0.15) is 6.10 Å².